The van der Waals surface area contributed by atoms with Crippen molar-refractivity contribution in [3.8, 4) is 5.75 Å². The molecule has 0 saturated heterocycles. The van der Waals surface area contributed by atoms with Gasteiger partial charge in [0.25, 0.3) is 0 Å². The molecular formula is C20H25ClN2O4S. The standard InChI is InChI=1S/C20H25ClN2O4S/c1-4-27-19-11-9-18(10-12-19)23(28(3,25)26)15(2)20(24)22-14-13-16-5-7-17(21)8-6-16/h5-12,15H,4,13-14H2,1-3H3,(H,22,24)/t15-/m1/s1. The number of amides is 1. The molecule has 8 heteroatoms. The molecule has 1 atom stereocenters. The van der Waals surface area contributed by atoms with Gasteiger partial charge in [-0.15, -0.1) is 0 Å². The van der Waals surface area contributed by atoms with Crippen LogP contribution in [0.2, 0.25) is 5.02 Å². The summed E-state index contributed by atoms with van der Waals surface area (Å²) in [7, 11) is -3.65. The zero-order valence-corrected chi connectivity index (χ0v) is 17.8. The number of benzene rings is 2. The summed E-state index contributed by atoms with van der Waals surface area (Å²) in [6, 6.07) is 13.1. The summed E-state index contributed by atoms with van der Waals surface area (Å²) in [5.74, 6) is 0.271. The van der Waals surface area contributed by atoms with Crippen LogP contribution in [0.4, 0.5) is 5.69 Å². The molecule has 0 radical (unpaired) electrons. The van der Waals surface area contributed by atoms with Crippen molar-refractivity contribution >= 4 is 33.2 Å². The Morgan fingerprint density at radius 2 is 1.75 bits per heavy atom. The van der Waals surface area contributed by atoms with Crippen molar-refractivity contribution < 1.29 is 17.9 Å². The van der Waals surface area contributed by atoms with Crippen LogP contribution >= 0.6 is 11.6 Å². The average molecular weight is 425 g/mol. The van der Waals surface area contributed by atoms with E-state index in [2.05, 4.69) is 5.32 Å². The van der Waals surface area contributed by atoms with Gasteiger partial charge >= 0.3 is 0 Å². The number of hydrogen-bond donors (Lipinski definition) is 1. The Hall–Kier alpha value is -2.25. The van der Waals surface area contributed by atoms with E-state index in [1.165, 1.54) is 0 Å². The molecule has 0 aliphatic heterocycles. The van der Waals surface area contributed by atoms with Crippen molar-refractivity contribution in [3.05, 3.63) is 59.1 Å². The van der Waals surface area contributed by atoms with E-state index in [1.807, 2.05) is 19.1 Å². The molecule has 0 aliphatic carbocycles. The largest absolute Gasteiger partial charge is 0.494 e. The maximum atomic E-state index is 12.6. The Morgan fingerprint density at radius 3 is 2.29 bits per heavy atom. The number of rotatable bonds is 9. The van der Waals surface area contributed by atoms with Crippen LogP contribution in [0.1, 0.15) is 19.4 Å². The summed E-state index contributed by atoms with van der Waals surface area (Å²) < 4.78 is 31.1. The first-order chi connectivity index (χ1) is 13.2. The molecule has 0 aromatic heterocycles. The molecule has 2 rings (SSSR count). The molecule has 1 N–H and O–H groups in total. The second kappa shape index (κ2) is 9.80. The quantitative estimate of drug-likeness (QED) is 0.670. The van der Waals surface area contributed by atoms with E-state index in [9.17, 15) is 13.2 Å². The number of nitrogens with one attached hydrogen (secondary N) is 1. The number of carbonyl (C=O) groups is 1. The minimum absolute atomic E-state index is 0.367. The molecule has 0 aliphatic rings. The minimum atomic E-state index is -3.65. The number of hydrogen-bond acceptors (Lipinski definition) is 4. The van der Waals surface area contributed by atoms with Gasteiger partial charge in [-0.1, -0.05) is 23.7 Å². The maximum Gasteiger partial charge on any atom is 0.243 e. The van der Waals surface area contributed by atoms with Crippen LogP contribution in [0.15, 0.2) is 48.5 Å². The topological polar surface area (TPSA) is 75.7 Å². The third kappa shape index (κ3) is 6.14. The number of nitrogens with zero attached hydrogens (tertiary/aromatic N) is 1. The summed E-state index contributed by atoms with van der Waals surface area (Å²) in [6.45, 7) is 4.34. The summed E-state index contributed by atoms with van der Waals surface area (Å²) in [5.41, 5.74) is 1.44. The van der Waals surface area contributed by atoms with E-state index < -0.39 is 16.1 Å². The van der Waals surface area contributed by atoms with Gasteiger partial charge in [0.2, 0.25) is 15.9 Å². The van der Waals surface area contributed by atoms with E-state index >= 15 is 0 Å². The van der Waals surface area contributed by atoms with E-state index in [0.29, 0.717) is 36.0 Å². The van der Waals surface area contributed by atoms with Crippen molar-refractivity contribution in [2.24, 2.45) is 0 Å². The number of carbonyl (C=O) groups excluding carboxylic acids is 1. The first-order valence-electron chi connectivity index (χ1n) is 8.96. The van der Waals surface area contributed by atoms with Crippen LogP contribution in [0, 0.1) is 0 Å². The van der Waals surface area contributed by atoms with E-state index in [-0.39, 0.29) is 5.91 Å². The van der Waals surface area contributed by atoms with Gasteiger partial charge in [0.1, 0.15) is 11.8 Å². The van der Waals surface area contributed by atoms with Gasteiger partial charge in [0, 0.05) is 11.6 Å². The Balaban J connectivity index is 2.06. The van der Waals surface area contributed by atoms with Gasteiger partial charge in [-0.3, -0.25) is 9.10 Å². The van der Waals surface area contributed by atoms with Crippen LogP contribution in [0.3, 0.4) is 0 Å². The molecule has 28 heavy (non-hydrogen) atoms. The predicted molar refractivity (Wildman–Crippen MR) is 113 cm³/mol. The first kappa shape index (κ1) is 22.0. The molecule has 0 saturated carbocycles. The van der Waals surface area contributed by atoms with Crippen LogP contribution < -0.4 is 14.4 Å². The molecule has 0 bridgehead atoms. The van der Waals surface area contributed by atoms with Crippen molar-refractivity contribution in [3.63, 3.8) is 0 Å². The molecule has 2 aromatic rings. The second-order valence-corrected chi connectivity index (χ2v) is 8.63. The fraction of sp³-hybridized carbons (Fsp3) is 0.350. The summed E-state index contributed by atoms with van der Waals surface area (Å²) in [6.07, 6.45) is 1.71. The fourth-order valence-electron chi connectivity index (χ4n) is 2.79. The predicted octanol–water partition coefficient (Wildman–Crippen LogP) is 3.25. The Labute approximate surface area is 171 Å². The highest BCUT2D eigenvalue weighted by Crippen LogP contribution is 2.24. The third-order valence-corrected chi connectivity index (χ3v) is 5.61. The van der Waals surface area contributed by atoms with Crippen LogP contribution in [-0.4, -0.2) is 39.8 Å². The summed E-state index contributed by atoms with van der Waals surface area (Å²) in [4.78, 5) is 12.6. The van der Waals surface area contributed by atoms with Gasteiger partial charge < -0.3 is 10.1 Å². The number of anilines is 1. The lowest BCUT2D eigenvalue weighted by Crippen LogP contribution is -2.48. The Kier molecular flexibility index (Phi) is 7.71. The maximum absolute atomic E-state index is 12.6. The van der Waals surface area contributed by atoms with Crippen molar-refractivity contribution in [1.82, 2.24) is 5.32 Å². The normalized spacial score (nSPS) is 12.3. The molecule has 0 spiro atoms. The minimum Gasteiger partial charge on any atom is -0.494 e. The van der Waals surface area contributed by atoms with Gasteiger partial charge in [-0.05, 0) is 62.2 Å². The molecular weight excluding hydrogens is 400 g/mol. The average Bonchev–Trinajstić information content (AvgIpc) is 2.64. The molecule has 0 heterocycles. The van der Waals surface area contributed by atoms with Crippen molar-refractivity contribution in [2.75, 3.05) is 23.7 Å². The zero-order valence-electron chi connectivity index (χ0n) is 16.2. The third-order valence-electron chi connectivity index (χ3n) is 4.12. The second-order valence-electron chi connectivity index (χ2n) is 6.33. The Morgan fingerprint density at radius 1 is 1.14 bits per heavy atom. The van der Waals surface area contributed by atoms with E-state index in [4.69, 9.17) is 16.3 Å². The van der Waals surface area contributed by atoms with E-state index in [0.717, 1.165) is 16.1 Å². The molecule has 0 unspecified atom stereocenters. The monoisotopic (exact) mass is 424 g/mol. The highest BCUT2D eigenvalue weighted by Gasteiger charge is 2.28. The Bertz CT molecular complexity index is 883. The van der Waals surface area contributed by atoms with Gasteiger partial charge in [-0.25, -0.2) is 8.42 Å². The van der Waals surface area contributed by atoms with Crippen LogP contribution in [-0.2, 0) is 21.2 Å². The van der Waals surface area contributed by atoms with E-state index in [1.54, 1.807) is 43.3 Å². The molecule has 152 valence electrons. The summed E-state index contributed by atoms with van der Waals surface area (Å²) >= 11 is 5.86. The highest BCUT2D eigenvalue weighted by molar-refractivity contribution is 7.92. The van der Waals surface area contributed by atoms with Gasteiger partial charge in [0.15, 0.2) is 0 Å². The lowest BCUT2D eigenvalue weighted by Gasteiger charge is -2.28. The summed E-state index contributed by atoms with van der Waals surface area (Å²) in [5, 5.41) is 3.45. The fourth-order valence-corrected chi connectivity index (χ4v) is 4.09. The first-order valence-corrected chi connectivity index (χ1v) is 11.2. The van der Waals surface area contributed by atoms with Crippen LogP contribution in [0.5, 0.6) is 5.75 Å². The van der Waals surface area contributed by atoms with Crippen molar-refractivity contribution in [1.29, 1.82) is 0 Å². The number of halogens is 1. The lowest BCUT2D eigenvalue weighted by molar-refractivity contribution is -0.121. The number of sulfonamides is 1. The number of ether oxygens (including phenoxy) is 1. The van der Waals surface area contributed by atoms with Crippen LogP contribution in [0.25, 0.3) is 0 Å². The SMILES string of the molecule is CCOc1ccc(N([C@H](C)C(=O)NCCc2ccc(Cl)cc2)S(C)(=O)=O)cc1. The van der Waals surface area contributed by atoms with Crippen molar-refractivity contribution in [2.45, 2.75) is 26.3 Å². The molecule has 1 amide bonds. The lowest BCUT2D eigenvalue weighted by atomic mass is 10.1. The molecule has 6 nitrogen and oxygen atoms in total. The highest BCUT2D eigenvalue weighted by atomic mass is 35.5. The smallest absolute Gasteiger partial charge is 0.243 e. The van der Waals surface area contributed by atoms with Gasteiger partial charge in [0.05, 0.1) is 18.6 Å². The van der Waals surface area contributed by atoms with Gasteiger partial charge in [-0.2, -0.15) is 0 Å². The molecule has 2 aromatic carbocycles. The zero-order chi connectivity index (χ0) is 20.7. The molecule has 0 fully saturated rings.